The van der Waals surface area contributed by atoms with Crippen LogP contribution in [0, 0.1) is 5.92 Å². The Morgan fingerprint density at radius 2 is 1.11 bits per heavy atom. The van der Waals surface area contributed by atoms with Crippen molar-refractivity contribution in [1.29, 1.82) is 0 Å². The summed E-state index contributed by atoms with van der Waals surface area (Å²) in [6.07, 6.45) is -1.03. The number of nitrogens with one attached hydrogen (secondary N) is 7. The number of aliphatic hydroxyl groups is 1. The first kappa shape index (κ1) is 40.2. The van der Waals surface area contributed by atoms with Gasteiger partial charge in [-0.05, 0) is 64.6 Å². The van der Waals surface area contributed by atoms with Crippen molar-refractivity contribution in [2.45, 2.75) is 95.6 Å². The minimum Gasteiger partial charge on any atom is -0.391 e. The van der Waals surface area contributed by atoms with E-state index in [2.05, 4.69) is 37.2 Å². The van der Waals surface area contributed by atoms with Crippen LogP contribution >= 0.6 is 0 Å². The van der Waals surface area contributed by atoms with Gasteiger partial charge >= 0.3 is 0 Å². The molecule has 0 saturated carbocycles. The van der Waals surface area contributed by atoms with Crippen molar-refractivity contribution in [1.82, 2.24) is 37.2 Å². The van der Waals surface area contributed by atoms with Gasteiger partial charge in [-0.2, -0.15) is 0 Å². The Morgan fingerprint density at radius 1 is 0.630 bits per heavy atom. The van der Waals surface area contributed by atoms with Gasteiger partial charge in [0.05, 0.1) is 12.6 Å². The van der Waals surface area contributed by atoms with Crippen LogP contribution in [-0.2, 0) is 33.6 Å². The lowest BCUT2D eigenvalue weighted by Crippen LogP contribution is -2.60. The molecule has 0 radical (unpaired) electrons. The molecule has 1 fully saturated rings. The molecule has 0 aromatic carbocycles. The summed E-state index contributed by atoms with van der Waals surface area (Å²) in [6, 6.07) is -5.96. The first-order chi connectivity index (χ1) is 21.7. The lowest BCUT2D eigenvalue weighted by atomic mass is 10.0. The molecule has 0 aromatic rings. The molecule has 6 unspecified atom stereocenters. The molecule has 0 aromatic heterocycles. The highest BCUT2D eigenvalue weighted by atomic mass is 16.3. The first-order valence-corrected chi connectivity index (χ1v) is 15.6. The maximum absolute atomic E-state index is 13.3. The molecular formula is C28H52N10O8. The van der Waals surface area contributed by atoms with Gasteiger partial charge in [-0.25, -0.2) is 0 Å². The van der Waals surface area contributed by atoms with Crippen LogP contribution in [0.15, 0.2) is 0 Å². The van der Waals surface area contributed by atoms with Crippen molar-refractivity contribution in [3.05, 3.63) is 0 Å². The number of amides is 7. The standard InChI is InChI=1S/C28H52N10O8/c1-15(2)13-20-27(45)37-18(7-10-30)25(43)36-19(8-11-31)26(44)38-23(16(3)39)28(46)32-12-4-5-21(40)34-17(6-9-29)24(42)33-14-22(41)35-20/h15-20,23,39H,4-14,29-31H2,1-3H3,(H,32,46)(H,33,42)(H,34,40)(H,35,41)(H,36,43)(H,37,45)(H,38,44). The summed E-state index contributed by atoms with van der Waals surface area (Å²) in [5.41, 5.74) is 17.0. The largest absolute Gasteiger partial charge is 0.391 e. The number of carbonyl (C=O) groups excluding carboxylic acids is 7. The fourth-order valence-electron chi connectivity index (χ4n) is 4.59. The van der Waals surface area contributed by atoms with Crippen molar-refractivity contribution >= 4 is 41.4 Å². The van der Waals surface area contributed by atoms with Gasteiger partial charge in [0.2, 0.25) is 41.4 Å². The summed E-state index contributed by atoms with van der Waals surface area (Å²) in [4.78, 5) is 90.6. The minimum absolute atomic E-state index is 0.000240. The predicted molar refractivity (Wildman–Crippen MR) is 167 cm³/mol. The average molecular weight is 657 g/mol. The Hall–Kier alpha value is -3.87. The Kier molecular flexibility index (Phi) is 18.4. The van der Waals surface area contributed by atoms with Gasteiger partial charge in [-0.3, -0.25) is 33.6 Å². The molecule has 46 heavy (non-hydrogen) atoms. The third-order valence-corrected chi connectivity index (χ3v) is 7.01. The summed E-state index contributed by atoms with van der Waals surface area (Å²) in [6.45, 7) is 4.47. The molecule has 18 nitrogen and oxygen atoms in total. The van der Waals surface area contributed by atoms with E-state index in [1.54, 1.807) is 0 Å². The lowest BCUT2D eigenvalue weighted by molar-refractivity contribution is -0.135. The molecular weight excluding hydrogens is 604 g/mol. The van der Waals surface area contributed by atoms with Gasteiger partial charge in [0.15, 0.2) is 0 Å². The Labute approximate surface area is 268 Å². The molecule has 1 aliphatic rings. The van der Waals surface area contributed by atoms with Crippen molar-refractivity contribution in [3.63, 3.8) is 0 Å². The van der Waals surface area contributed by atoms with E-state index in [0.717, 1.165) is 0 Å². The zero-order valence-corrected chi connectivity index (χ0v) is 26.9. The van der Waals surface area contributed by atoms with Gasteiger partial charge < -0.3 is 59.5 Å². The van der Waals surface area contributed by atoms with Gasteiger partial charge in [0, 0.05) is 13.0 Å². The molecule has 7 amide bonds. The normalized spacial score (nSPS) is 26.1. The molecule has 0 bridgehead atoms. The van der Waals surface area contributed by atoms with E-state index in [4.69, 9.17) is 17.2 Å². The van der Waals surface area contributed by atoms with Crippen LogP contribution in [0.2, 0.25) is 0 Å². The summed E-state index contributed by atoms with van der Waals surface area (Å²) in [5, 5.41) is 27.8. The van der Waals surface area contributed by atoms with E-state index in [1.807, 2.05) is 13.8 Å². The predicted octanol–water partition coefficient (Wildman–Crippen LogP) is -5.09. The molecule has 14 N–H and O–H groups in total. The van der Waals surface area contributed by atoms with Crippen molar-refractivity contribution in [2.24, 2.45) is 23.1 Å². The Morgan fingerprint density at radius 3 is 1.61 bits per heavy atom. The van der Waals surface area contributed by atoms with Crippen molar-refractivity contribution in [2.75, 3.05) is 32.7 Å². The topological polar surface area (TPSA) is 302 Å². The van der Waals surface area contributed by atoms with Gasteiger partial charge in [0.25, 0.3) is 0 Å². The summed E-state index contributed by atoms with van der Waals surface area (Å²) < 4.78 is 0. The third-order valence-electron chi connectivity index (χ3n) is 7.01. The van der Waals surface area contributed by atoms with Crippen LogP contribution in [0.25, 0.3) is 0 Å². The second kappa shape index (κ2) is 21.0. The number of rotatable bonds is 9. The number of nitrogens with two attached hydrogens (primary N) is 3. The van der Waals surface area contributed by atoms with E-state index < -0.39 is 84.2 Å². The van der Waals surface area contributed by atoms with Gasteiger partial charge in [0.1, 0.15) is 30.2 Å². The quantitative estimate of drug-likeness (QED) is 0.112. The lowest BCUT2D eigenvalue weighted by Gasteiger charge is -2.27. The van der Waals surface area contributed by atoms with E-state index >= 15 is 0 Å². The van der Waals surface area contributed by atoms with E-state index in [-0.39, 0.29) is 70.6 Å². The fraction of sp³-hybridized carbons (Fsp3) is 0.750. The highest BCUT2D eigenvalue weighted by Gasteiger charge is 2.32. The molecule has 18 heteroatoms. The van der Waals surface area contributed by atoms with Gasteiger partial charge in [-0.1, -0.05) is 13.8 Å². The molecule has 1 rings (SSSR count). The van der Waals surface area contributed by atoms with Crippen molar-refractivity contribution in [3.8, 4) is 0 Å². The molecule has 1 heterocycles. The zero-order chi connectivity index (χ0) is 34.8. The zero-order valence-electron chi connectivity index (χ0n) is 26.9. The highest BCUT2D eigenvalue weighted by molar-refractivity contribution is 5.96. The smallest absolute Gasteiger partial charge is 0.245 e. The number of hydrogen-bond acceptors (Lipinski definition) is 11. The summed E-state index contributed by atoms with van der Waals surface area (Å²) in [7, 11) is 0. The average Bonchev–Trinajstić information content (AvgIpc) is 2.98. The van der Waals surface area contributed by atoms with Crippen LogP contribution in [0.4, 0.5) is 0 Å². The first-order valence-electron chi connectivity index (χ1n) is 15.6. The molecule has 0 aliphatic carbocycles. The van der Waals surface area contributed by atoms with E-state index in [0.29, 0.717) is 0 Å². The van der Waals surface area contributed by atoms with Crippen LogP contribution < -0.4 is 54.4 Å². The van der Waals surface area contributed by atoms with E-state index in [1.165, 1.54) is 6.92 Å². The minimum atomic E-state index is -1.40. The third kappa shape index (κ3) is 14.5. The number of carbonyl (C=O) groups is 7. The number of hydrogen-bond donors (Lipinski definition) is 11. The second-order valence-corrected chi connectivity index (χ2v) is 11.6. The SMILES string of the molecule is CC(C)CC1NC(=O)CNC(=O)C(CCN)NC(=O)CCCNC(=O)C(C(C)O)NC(=O)C(CCN)NC(=O)C(CCN)NC1=O. The molecule has 262 valence electrons. The summed E-state index contributed by atoms with van der Waals surface area (Å²) in [5.74, 6) is -4.90. The maximum atomic E-state index is 13.3. The highest BCUT2D eigenvalue weighted by Crippen LogP contribution is 2.07. The second-order valence-electron chi connectivity index (χ2n) is 11.6. The Balaban J connectivity index is 3.37. The molecule has 6 atom stereocenters. The number of aliphatic hydroxyl groups excluding tert-OH is 1. The van der Waals surface area contributed by atoms with Crippen LogP contribution in [-0.4, -0.2) is 115 Å². The Bertz CT molecular complexity index is 1060. The van der Waals surface area contributed by atoms with Crippen LogP contribution in [0.5, 0.6) is 0 Å². The molecule has 1 saturated heterocycles. The molecule has 0 spiro atoms. The monoisotopic (exact) mass is 656 g/mol. The maximum Gasteiger partial charge on any atom is 0.245 e. The van der Waals surface area contributed by atoms with Gasteiger partial charge in [-0.15, -0.1) is 0 Å². The van der Waals surface area contributed by atoms with Crippen LogP contribution in [0.1, 0.15) is 59.3 Å². The molecule has 1 aliphatic heterocycles. The van der Waals surface area contributed by atoms with Crippen molar-refractivity contribution < 1.29 is 38.7 Å². The van der Waals surface area contributed by atoms with Crippen LogP contribution in [0.3, 0.4) is 0 Å². The summed E-state index contributed by atoms with van der Waals surface area (Å²) >= 11 is 0. The fourth-order valence-corrected chi connectivity index (χ4v) is 4.59. The van der Waals surface area contributed by atoms with E-state index in [9.17, 15) is 38.7 Å².